The number of carbonyl (C=O) groups excluding carboxylic acids is 1. The lowest BCUT2D eigenvalue weighted by Gasteiger charge is -2.19. The fourth-order valence-corrected chi connectivity index (χ4v) is 3.69. The molecule has 1 fully saturated rings. The fraction of sp³-hybridized carbons (Fsp3) is 0.391. The minimum atomic E-state index is 0.247. The summed E-state index contributed by atoms with van der Waals surface area (Å²) in [5.41, 5.74) is 3.40. The van der Waals surface area contributed by atoms with Gasteiger partial charge >= 0.3 is 0 Å². The zero-order chi connectivity index (χ0) is 20.8. The molecule has 2 heterocycles. The van der Waals surface area contributed by atoms with Gasteiger partial charge in [0.2, 0.25) is 12.7 Å². The van der Waals surface area contributed by atoms with Crippen molar-refractivity contribution in [3.63, 3.8) is 0 Å². The van der Waals surface area contributed by atoms with Crippen molar-refractivity contribution < 1.29 is 14.3 Å². The molecule has 2 aromatic rings. The van der Waals surface area contributed by atoms with E-state index in [0.717, 1.165) is 42.5 Å². The number of aliphatic imine (C=N–C) groups is 1. The Bertz CT molecular complexity index is 928. The third-order valence-electron chi connectivity index (χ3n) is 5.30. The van der Waals surface area contributed by atoms with Crippen LogP contribution < -0.4 is 20.1 Å². The van der Waals surface area contributed by atoms with Gasteiger partial charge in [-0.2, -0.15) is 0 Å². The van der Waals surface area contributed by atoms with Crippen LogP contribution in [0.3, 0.4) is 0 Å². The van der Waals surface area contributed by atoms with Crippen molar-refractivity contribution in [2.45, 2.75) is 39.4 Å². The van der Waals surface area contributed by atoms with Crippen molar-refractivity contribution in [1.82, 2.24) is 15.5 Å². The van der Waals surface area contributed by atoms with E-state index in [-0.39, 0.29) is 12.7 Å². The second-order valence-corrected chi connectivity index (χ2v) is 7.42. The summed E-state index contributed by atoms with van der Waals surface area (Å²) in [6.45, 7) is 5.79. The average molecular weight is 409 g/mol. The molecule has 0 unspecified atom stereocenters. The van der Waals surface area contributed by atoms with E-state index >= 15 is 0 Å². The van der Waals surface area contributed by atoms with Gasteiger partial charge in [0, 0.05) is 32.6 Å². The van der Waals surface area contributed by atoms with Gasteiger partial charge in [-0.1, -0.05) is 30.3 Å². The maximum absolute atomic E-state index is 12.0. The Kier molecular flexibility index (Phi) is 6.37. The summed E-state index contributed by atoms with van der Waals surface area (Å²) in [5.74, 6) is 2.55. The molecule has 7 heteroatoms. The molecule has 0 bridgehead atoms. The van der Waals surface area contributed by atoms with Crippen LogP contribution in [0.25, 0.3) is 0 Å². The van der Waals surface area contributed by atoms with Crippen LogP contribution in [0.4, 0.5) is 0 Å². The number of nitrogens with zero attached hydrogens (tertiary/aromatic N) is 2. The average Bonchev–Trinajstić information content (AvgIpc) is 3.39. The van der Waals surface area contributed by atoms with E-state index in [4.69, 9.17) is 14.5 Å². The molecule has 2 aliphatic rings. The minimum absolute atomic E-state index is 0.247. The number of hydrogen-bond donors (Lipinski definition) is 2. The number of guanidine groups is 1. The van der Waals surface area contributed by atoms with Crippen LogP contribution in [0.2, 0.25) is 0 Å². The summed E-state index contributed by atoms with van der Waals surface area (Å²) in [5, 5.41) is 6.71. The van der Waals surface area contributed by atoms with E-state index < -0.39 is 0 Å². The molecule has 2 aromatic carbocycles. The van der Waals surface area contributed by atoms with Crippen LogP contribution in [0.15, 0.2) is 47.5 Å². The van der Waals surface area contributed by atoms with Crippen molar-refractivity contribution in [2.75, 3.05) is 19.9 Å². The highest BCUT2D eigenvalue weighted by atomic mass is 16.7. The monoisotopic (exact) mass is 408 g/mol. The summed E-state index contributed by atoms with van der Waals surface area (Å²) in [4.78, 5) is 18.6. The predicted molar refractivity (Wildman–Crippen MR) is 115 cm³/mol. The topological polar surface area (TPSA) is 75.2 Å². The van der Waals surface area contributed by atoms with Crippen LogP contribution in [0, 0.1) is 0 Å². The number of amides is 1. The maximum Gasteiger partial charge on any atom is 0.231 e. The van der Waals surface area contributed by atoms with E-state index in [2.05, 4.69) is 22.8 Å². The summed E-state index contributed by atoms with van der Waals surface area (Å²) >= 11 is 0. The summed E-state index contributed by atoms with van der Waals surface area (Å²) in [7, 11) is 0. The number of nitrogens with one attached hydrogen (secondary N) is 2. The molecular formula is C23H28N4O3. The Morgan fingerprint density at radius 1 is 1.10 bits per heavy atom. The van der Waals surface area contributed by atoms with Crippen molar-refractivity contribution in [2.24, 2.45) is 4.99 Å². The van der Waals surface area contributed by atoms with Gasteiger partial charge < -0.3 is 25.0 Å². The molecule has 0 spiro atoms. The lowest BCUT2D eigenvalue weighted by Crippen LogP contribution is -2.37. The van der Waals surface area contributed by atoms with Gasteiger partial charge in [0.25, 0.3) is 0 Å². The van der Waals surface area contributed by atoms with Gasteiger partial charge in [-0.15, -0.1) is 0 Å². The van der Waals surface area contributed by atoms with E-state index in [1.54, 1.807) is 0 Å². The Labute approximate surface area is 177 Å². The highest BCUT2D eigenvalue weighted by molar-refractivity contribution is 5.80. The van der Waals surface area contributed by atoms with Gasteiger partial charge in [0.05, 0.1) is 6.54 Å². The first-order chi connectivity index (χ1) is 14.7. The second-order valence-electron chi connectivity index (χ2n) is 7.42. The summed E-state index contributed by atoms with van der Waals surface area (Å²) in [6, 6.07) is 14.1. The number of fused-ring (bicyclic) bond motifs is 1. The molecule has 1 amide bonds. The predicted octanol–water partition coefficient (Wildman–Crippen LogP) is 2.79. The highest BCUT2D eigenvalue weighted by Crippen LogP contribution is 2.32. The molecular weight excluding hydrogens is 380 g/mol. The van der Waals surface area contributed by atoms with E-state index in [1.165, 1.54) is 11.1 Å². The van der Waals surface area contributed by atoms with Crippen molar-refractivity contribution in [3.05, 3.63) is 59.2 Å². The number of likely N-dealkylation sites (tertiary alicyclic amines) is 1. The lowest BCUT2D eigenvalue weighted by molar-refractivity contribution is -0.128. The number of carbonyl (C=O) groups is 1. The van der Waals surface area contributed by atoms with Crippen LogP contribution in [0.1, 0.15) is 36.5 Å². The molecule has 0 aromatic heterocycles. The molecule has 30 heavy (non-hydrogen) atoms. The normalized spacial score (nSPS) is 15.6. The second kappa shape index (κ2) is 9.52. The van der Waals surface area contributed by atoms with Gasteiger partial charge in [0.15, 0.2) is 17.5 Å². The van der Waals surface area contributed by atoms with Crippen LogP contribution in [-0.2, 0) is 24.4 Å². The van der Waals surface area contributed by atoms with E-state index in [9.17, 15) is 4.79 Å². The Hall–Kier alpha value is -3.22. The Balaban J connectivity index is 1.40. The van der Waals surface area contributed by atoms with Crippen LogP contribution >= 0.6 is 0 Å². The molecule has 158 valence electrons. The zero-order valence-corrected chi connectivity index (χ0v) is 17.3. The minimum Gasteiger partial charge on any atom is -0.454 e. The Morgan fingerprint density at radius 2 is 1.93 bits per heavy atom. The molecule has 4 rings (SSSR count). The maximum atomic E-state index is 12.0. The third kappa shape index (κ3) is 4.84. The van der Waals surface area contributed by atoms with Gasteiger partial charge in [-0.3, -0.25) is 4.79 Å². The molecule has 0 radical (unpaired) electrons. The van der Waals surface area contributed by atoms with Crippen LogP contribution in [0.5, 0.6) is 11.5 Å². The van der Waals surface area contributed by atoms with Crippen molar-refractivity contribution in [1.29, 1.82) is 0 Å². The first-order valence-electron chi connectivity index (χ1n) is 10.5. The lowest BCUT2D eigenvalue weighted by atomic mass is 10.1. The molecule has 0 aliphatic carbocycles. The molecule has 2 aliphatic heterocycles. The summed E-state index contributed by atoms with van der Waals surface area (Å²) < 4.78 is 10.8. The van der Waals surface area contributed by atoms with E-state index in [1.807, 2.05) is 42.2 Å². The molecule has 7 nitrogen and oxygen atoms in total. The third-order valence-corrected chi connectivity index (χ3v) is 5.30. The number of hydrogen-bond acceptors (Lipinski definition) is 4. The SMILES string of the molecule is CCNC(=NCc1ccc2c(c1)OCO2)NCc1ccccc1CN1CCCC1=O. The van der Waals surface area contributed by atoms with Crippen molar-refractivity contribution >= 4 is 11.9 Å². The van der Waals surface area contributed by atoms with Gasteiger partial charge in [-0.25, -0.2) is 4.99 Å². The van der Waals surface area contributed by atoms with Gasteiger partial charge in [0.1, 0.15) is 0 Å². The summed E-state index contributed by atoms with van der Waals surface area (Å²) in [6.07, 6.45) is 1.62. The molecule has 0 saturated carbocycles. The number of rotatable bonds is 7. The number of benzene rings is 2. The quantitative estimate of drug-likeness (QED) is 0.544. The van der Waals surface area contributed by atoms with Crippen molar-refractivity contribution in [3.8, 4) is 11.5 Å². The van der Waals surface area contributed by atoms with Crippen LogP contribution in [-0.4, -0.2) is 36.6 Å². The first-order valence-corrected chi connectivity index (χ1v) is 10.5. The standard InChI is InChI=1S/C23H28N4O3/c1-2-24-23(25-13-17-9-10-20-21(12-17)30-16-29-20)26-14-18-6-3-4-7-19(18)15-27-11-5-8-22(27)28/h3-4,6-7,9-10,12H,2,5,8,11,13-16H2,1H3,(H2,24,25,26). The zero-order valence-electron chi connectivity index (χ0n) is 17.3. The molecule has 1 saturated heterocycles. The highest BCUT2D eigenvalue weighted by Gasteiger charge is 2.21. The fourth-order valence-electron chi connectivity index (χ4n) is 3.69. The Morgan fingerprint density at radius 3 is 2.73 bits per heavy atom. The first kappa shape index (κ1) is 20.1. The smallest absolute Gasteiger partial charge is 0.231 e. The molecule has 0 atom stereocenters. The van der Waals surface area contributed by atoms with E-state index in [0.29, 0.717) is 26.1 Å². The number of ether oxygens (including phenoxy) is 2. The van der Waals surface area contributed by atoms with Gasteiger partial charge in [-0.05, 0) is 42.2 Å². The molecule has 2 N–H and O–H groups in total. The largest absolute Gasteiger partial charge is 0.454 e.